The van der Waals surface area contributed by atoms with Crippen LogP contribution in [0.15, 0.2) is 24.3 Å². The van der Waals surface area contributed by atoms with Crippen molar-refractivity contribution in [2.24, 2.45) is 0 Å². The van der Waals surface area contributed by atoms with Gasteiger partial charge in [0.2, 0.25) is 0 Å². The molecule has 0 aliphatic heterocycles. The lowest BCUT2D eigenvalue weighted by atomic mass is 10.1. The smallest absolute Gasteiger partial charge is 0.302 e. The number of hydrogen-bond donors (Lipinski definition) is 0. The molecule has 0 heterocycles. The molecule has 0 bridgehead atoms. The fourth-order valence-electron chi connectivity index (χ4n) is 1.96. The van der Waals surface area contributed by atoms with Gasteiger partial charge in [-0.05, 0) is 25.7 Å². The summed E-state index contributed by atoms with van der Waals surface area (Å²) < 4.78 is 4.89. The predicted molar refractivity (Wildman–Crippen MR) is 86.8 cm³/mol. The van der Waals surface area contributed by atoms with Crippen molar-refractivity contribution in [2.45, 2.75) is 78.1 Å². The third-order valence-corrected chi connectivity index (χ3v) is 3.18. The van der Waals surface area contributed by atoms with Gasteiger partial charge in [-0.3, -0.25) is 4.79 Å². The van der Waals surface area contributed by atoms with Crippen LogP contribution in [0.25, 0.3) is 0 Å². The molecular weight excluding hydrogens is 248 g/mol. The number of esters is 1. The van der Waals surface area contributed by atoms with E-state index in [1.165, 1.54) is 64.7 Å². The number of hydrogen-bond acceptors (Lipinski definition) is 2. The van der Waals surface area contributed by atoms with Crippen LogP contribution in [0.3, 0.4) is 0 Å². The molecule has 0 spiro atoms. The van der Waals surface area contributed by atoms with Crippen LogP contribution in [0, 0.1) is 0 Å². The maximum absolute atomic E-state index is 10.5. The highest BCUT2D eigenvalue weighted by Gasteiger charge is 1.93. The quantitative estimate of drug-likeness (QED) is 0.250. The van der Waals surface area contributed by atoms with Crippen LogP contribution < -0.4 is 0 Å². The number of carbonyl (C=O) groups excluding carboxylic acids is 1. The van der Waals surface area contributed by atoms with E-state index in [9.17, 15) is 4.79 Å². The number of rotatable bonds is 13. The number of allylic oxidation sites excluding steroid dienone is 4. The van der Waals surface area contributed by atoms with Crippen molar-refractivity contribution >= 4 is 5.97 Å². The third kappa shape index (κ3) is 16.9. The second kappa shape index (κ2) is 16.0. The van der Waals surface area contributed by atoms with Crippen molar-refractivity contribution in [1.82, 2.24) is 0 Å². The minimum atomic E-state index is -0.166. The Morgan fingerprint density at radius 1 is 0.850 bits per heavy atom. The van der Waals surface area contributed by atoms with Gasteiger partial charge in [-0.1, -0.05) is 69.8 Å². The van der Waals surface area contributed by atoms with Gasteiger partial charge in [-0.15, -0.1) is 0 Å². The summed E-state index contributed by atoms with van der Waals surface area (Å²) in [6, 6.07) is 0. The van der Waals surface area contributed by atoms with E-state index in [0.29, 0.717) is 6.61 Å². The van der Waals surface area contributed by atoms with Crippen molar-refractivity contribution in [3.8, 4) is 0 Å². The molecule has 0 radical (unpaired) electrons. The lowest BCUT2D eigenvalue weighted by molar-refractivity contribution is -0.141. The van der Waals surface area contributed by atoms with E-state index in [4.69, 9.17) is 4.74 Å². The Labute approximate surface area is 125 Å². The van der Waals surface area contributed by atoms with Crippen LogP contribution >= 0.6 is 0 Å². The molecule has 2 heteroatoms. The second-order valence-corrected chi connectivity index (χ2v) is 5.25. The average molecular weight is 280 g/mol. The number of unbranched alkanes of at least 4 members (excludes halogenated alkanes) is 8. The standard InChI is InChI=1S/C18H32O2/c1-3-4-5-6-7-8-9-10-11-12-13-14-15-16-17-20-18(2)19/h6-9H,3-5,10-17H2,1-2H3/b7-6+,9-8-. The zero-order valence-electron chi connectivity index (χ0n) is 13.4. The van der Waals surface area contributed by atoms with E-state index < -0.39 is 0 Å². The van der Waals surface area contributed by atoms with Gasteiger partial charge < -0.3 is 4.74 Å². The van der Waals surface area contributed by atoms with Gasteiger partial charge in [0.15, 0.2) is 0 Å². The van der Waals surface area contributed by atoms with Crippen molar-refractivity contribution in [2.75, 3.05) is 6.61 Å². The Kier molecular flexibility index (Phi) is 15.2. The Morgan fingerprint density at radius 2 is 1.40 bits per heavy atom. The summed E-state index contributed by atoms with van der Waals surface area (Å²) in [5.74, 6) is -0.166. The summed E-state index contributed by atoms with van der Waals surface area (Å²) in [4.78, 5) is 10.5. The summed E-state index contributed by atoms with van der Waals surface area (Å²) >= 11 is 0. The van der Waals surface area contributed by atoms with Crippen LogP contribution in [-0.4, -0.2) is 12.6 Å². The number of carbonyl (C=O) groups is 1. The molecule has 20 heavy (non-hydrogen) atoms. The fourth-order valence-corrected chi connectivity index (χ4v) is 1.96. The van der Waals surface area contributed by atoms with Crippen molar-refractivity contribution in [1.29, 1.82) is 0 Å². The van der Waals surface area contributed by atoms with Gasteiger partial charge >= 0.3 is 5.97 Å². The van der Waals surface area contributed by atoms with Crippen LogP contribution in [0.2, 0.25) is 0 Å². The molecule has 0 aliphatic rings. The highest BCUT2D eigenvalue weighted by atomic mass is 16.5. The summed E-state index contributed by atoms with van der Waals surface area (Å²) in [5, 5.41) is 0. The summed E-state index contributed by atoms with van der Waals surface area (Å²) in [5.41, 5.74) is 0. The maximum Gasteiger partial charge on any atom is 0.302 e. The molecule has 0 aliphatic carbocycles. The molecule has 0 N–H and O–H groups in total. The lowest BCUT2D eigenvalue weighted by Gasteiger charge is -2.01. The molecule has 0 atom stereocenters. The first-order chi connectivity index (χ1) is 9.77. The zero-order valence-corrected chi connectivity index (χ0v) is 13.4. The summed E-state index contributed by atoms with van der Waals surface area (Å²) in [6.07, 6.45) is 21.1. The molecule has 116 valence electrons. The Hall–Kier alpha value is -1.05. The van der Waals surface area contributed by atoms with Crippen molar-refractivity contribution in [3.05, 3.63) is 24.3 Å². The van der Waals surface area contributed by atoms with Gasteiger partial charge in [0.25, 0.3) is 0 Å². The molecule has 0 fully saturated rings. The van der Waals surface area contributed by atoms with Crippen molar-refractivity contribution < 1.29 is 9.53 Å². The van der Waals surface area contributed by atoms with Crippen LogP contribution in [-0.2, 0) is 9.53 Å². The van der Waals surface area contributed by atoms with E-state index in [0.717, 1.165) is 6.42 Å². The molecule has 0 unspecified atom stereocenters. The van der Waals surface area contributed by atoms with Crippen molar-refractivity contribution in [3.63, 3.8) is 0 Å². The largest absolute Gasteiger partial charge is 0.466 e. The molecule has 0 saturated carbocycles. The van der Waals surface area contributed by atoms with E-state index in [2.05, 4.69) is 31.2 Å². The molecular formula is C18H32O2. The third-order valence-electron chi connectivity index (χ3n) is 3.18. The Balaban J connectivity index is 3.14. The Bertz CT molecular complexity index is 267. The predicted octanol–water partition coefficient (Wildman–Crippen LogP) is 5.58. The molecule has 0 aromatic carbocycles. The first-order valence-corrected chi connectivity index (χ1v) is 8.22. The van der Waals surface area contributed by atoms with E-state index >= 15 is 0 Å². The zero-order chi connectivity index (χ0) is 14.9. The molecule has 0 saturated heterocycles. The highest BCUT2D eigenvalue weighted by Crippen LogP contribution is 2.07. The normalized spacial score (nSPS) is 11.5. The molecule has 0 aromatic rings. The first-order valence-electron chi connectivity index (χ1n) is 8.22. The van der Waals surface area contributed by atoms with Gasteiger partial charge in [0, 0.05) is 6.92 Å². The Morgan fingerprint density at radius 3 is 2.00 bits per heavy atom. The molecule has 0 amide bonds. The number of ether oxygens (including phenoxy) is 1. The maximum atomic E-state index is 10.5. The minimum absolute atomic E-state index is 0.166. The monoisotopic (exact) mass is 280 g/mol. The van der Waals surface area contributed by atoms with Gasteiger partial charge in [-0.2, -0.15) is 0 Å². The molecule has 2 nitrogen and oxygen atoms in total. The van der Waals surface area contributed by atoms with E-state index in [-0.39, 0.29) is 5.97 Å². The SMILES string of the molecule is CCCC/C=C/C=C\CCCCCCCCOC(C)=O. The summed E-state index contributed by atoms with van der Waals surface area (Å²) in [6.45, 7) is 4.27. The van der Waals surface area contributed by atoms with Crippen LogP contribution in [0.5, 0.6) is 0 Å². The molecule has 0 aromatic heterocycles. The summed E-state index contributed by atoms with van der Waals surface area (Å²) in [7, 11) is 0. The average Bonchev–Trinajstić information content (AvgIpc) is 2.43. The van der Waals surface area contributed by atoms with Gasteiger partial charge in [-0.25, -0.2) is 0 Å². The minimum Gasteiger partial charge on any atom is -0.466 e. The van der Waals surface area contributed by atoms with Crippen LogP contribution in [0.4, 0.5) is 0 Å². The van der Waals surface area contributed by atoms with Gasteiger partial charge in [0.05, 0.1) is 6.61 Å². The van der Waals surface area contributed by atoms with E-state index in [1.54, 1.807) is 0 Å². The molecule has 0 rings (SSSR count). The first kappa shape index (κ1) is 18.9. The lowest BCUT2D eigenvalue weighted by Crippen LogP contribution is -1.99. The van der Waals surface area contributed by atoms with Gasteiger partial charge in [0.1, 0.15) is 0 Å². The second-order valence-electron chi connectivity index (χ2n) is 5.25. The topological polar surface area (TPSA) is 26.3 Å². The van der Waals surface area contributed by atoms with E-state index in [1.807, 2.05) is 0 Å². The highest BCUT2D eigenvalue weighted by molar-refractivity contribution is 5.65. The van der Waals surface area contributed by atoms with Crippen LogP contribution in [0.1, 0.15) is 78.1 Å². The fraction of sp³-hybridized carbons (Fsp3) is 0.722.